The molecule has 0 N–H and O–H groups in total. The van der Waals surface area contributed by atoms with E-state index in [-0.39, 0.29) is 34.9 Å². The van der Waals surface area contributed by atoms with Crippen molar-refractivity contribution in [2.24, 2.45) is 5.92 Å². The number of nitrogens with zero attached hydrogens (tertiary/aromatic N) is 4. The normalized spacial score (nSPS) is 16.6. The minimum absolute atomic E-state index is 0.102. The standard InChI is InChI=1S/C29H40N4O3/c1-20(2)17-30(5)28(35)24-18-33(23-10-6-7-11-23)19-25(27(24)34)29(36)32-15-13-31(14-16-32)26-12-8-9-21(3)22(26)4/h8-9,12,18-20,23H,6-7,10-11,13-17H2,1-5H3. The number of pyridine rings is 1. The van der Waals surface area contributed by atoms with Crippen LogP contribution in [0.15, 0.2) is 35.4 Å². The predicted molar refractivity (Wildman–Crippen MR) is 144 cm³/mol. The third-order valence-corrected chi connectivity index (χ3v) is 7.72. The van der Waals surface area contributed by atoms with E-state index in [0.717, 1.165) is 25.7 Å². The number of benzene rings is 1. The van der Waals surface area contributed by atoms with E-state index in [1.807, 2.05) is 18.4 Å². The van der Waals surface area contributed by atoms with E-state index in [1.165, 1.54) is 16.8 Å². The topological polar surface area (TPSA) is 65.9 Å². The Labute approximate surface area is 214 Å². The quantitative estimate of drug-likeness (QED) is 0.604. The van der Waals surface area contributed by atoms with Crippen LogP contribution in [0.2, 0.25) is 0 Å². The molecule has 1 aromatic heterocycles. The Morgan fingerprint density at radius 2 is 1.64 bits per heavy atom. The number of carbonyl (C=O) groups is 2. The fourth-order valence-corrected chi connectivity index (χ4v) is 5.55. The van der Waals surface area contributed by atoms with Crippen molar-refractivity contribution in [2.75, 3.05) is 44.7 Å². The molecule has 36 heavy (non-hydrogen) atoms. The summed E-state index contributed by atoms with van der Waals surface area (Å²) in [6.07, 6.45) is 7.64. The van der Waals surface area contributed by atoms with Gasteiger partial charge in [-0.1, -0.05) is 38.8 Å². The van der Waals surface area contributed by atoms with Gasteiger partial charge in [0, 0.05) is 63.9 Å². The van der Waals surface area contributed by atoms with E-state index in [9.17, 15) is 14.4 Å². The van der Waals surface area contributed by atoms with Gasteiger partial charge in [0.1, 0.15) is 11.1 Å². The molecule has 0 atom stereocenters. The maximum Gasteiger partial charge on any atom is 0.259 e. The van der Waals surface area contributed by atoms with Crippen LogP contribution >= 0.6 is 0 Å². The van der Waals surface area contributed by atoms with Gasteiger partial charge in [-0.05, 0) is 49.8 Å². The molecule has 1 saturated carbocycles. The van der Waals surface area contributed by atoms with Crippen molar-refractivity contribution in [1.29, 1.82) is 0 Å². The molecule has 7 nitrogen and oxygen atoms in total. The molecule has 1 saturated heterocycles. The molecule has 2 aromatic rings. The number of carbonyl (C=O) groups excluding carboxylic acids is 2. The van der Waals surface area contributed by atoms with E-state index < -0.39 is 5.43 Å². The predicted octanol–water partition coefficient (Wildman–Crippen LogP) is 4.27. The Bertz CT molecular complexity index is 1170. The second-order valence-electron chi connectivity index (χ2n) is 10.9. The zero-order valence-electron chi connectivity index (χ0n) is 22.4. The summed E-state index contributed by atoms with van der Waals surface area (Å²) >= 11 is 0. The summed E-state index contributed by atoms with van der Waals surface area (Å²) in [4.78, 5) is 46.1. The number of aromatic nitrogens is 1. The van der Waals surface area contributed by atoms with Crippen molar-refractivity contribution in [3.63, 3.8) is 0 Å². The van der Waals surface area contributed by atoms with Crippen molar-refractivity contribution in [1.82, 2.24) is 14.4 Å². The molecule has 0 bridgehead atoms. The summed E-state index contributed by atoms with van der Waals surface area (Å²) in [6, 6.07) is 6.53. The highest BCUT2D eigenvalue weighted by Gasteiger charge is 2.29. The zero-order chi connectivity index (χ0) is 26.0. The van der Waals surface area contributed by atoms with Crippen molar-refractivity contribution in [2.45, 2.75) is 59.4 Å². The third-order valence-electron chi connectivity index (χ3n) is 7.72. The lowest BCUT2D eigenvalue weighted by atomic mass is 10.1. The van der Waals surface area contributed by atoms with Crippen LogP contribution in [-0.4, -0.2) is 66.0 Å². The molecular formula is C29H40N4O3. The van der Waals surface area contributed by atoms with Crippen molar-refractivity contribution < 1.29 is 9.59 Å². The molecule has 0 spiro atoms. The lowest BCUT2D eigenvalue weighted by Crippen LogP contribution is -2.50. The summed E-state index contributed by atoms with van der Waals surface area (Å²) in [5.41, 5.74) is 3.48. The van der Waals surface area contributed by atoms with Crippen LogP contribution in [0.3, 0.4) is 0 Å². The zero-order valence-corrected chi connectivity index (χ0v) is 22.4. The van der Waals surface area contributed by atoms with Crippen molar-refractivity contribution in [3.8, 4) is 0 Å². The van der Waals surface area contributed by atoms with E-state index in [1.54, 1.807) is 29.2 Å². The summed E-state index contributed by atoms with van der Waals surface area (Å²) in [5, 5.41) is 0. The Morgan fingerprint density at radius 3 is 2.28 bits per heavy atom. The van der Waals surface area contributed by atoms with E-state index in [0.29, 0.717) is 32.7 Å². The Morgan fingerprint density at radius 1 is 1.00 bits per heavy atom. The molecule has 0 radical (unpaired) electrons. The van der Waals surface area contributed by atoms with Gasteiger partial charge in [0.05, 0.1) is 0 Å². The molecule has 2 aliphatic rings. The Kier molecular flexibility index (Phi) is 7.86. The molecule has 1 aromatic carbocycles. The summed E-state index contributed by atoms with van der Waals surface area (Å²) in [5.74, 6) is -0.294. The van der Waals surface area contributed by atoms with Crippen LogP contribution in [-0.2, 0) is 0 Å². The highest BCUT2D eigenvalue weighted by Crippen LogP contribution is 2.30. The van der Waals surface area contributed by atoms with Gasteiger partial charge >= 0.3 is 0 Å². The first-order valence-corrected chi connectivity index (χ1v) is 13.3. The Hall–Kier alpha value is -3.09. The highest BCUT2D eigenvalue weighted by molar-refractivity contribution is 5.99. The van der Waals surface area contributed by atoms with Gasteiger partial charge in [-0.25, -0.2) is 0 Å². The molecule has 1 aliphatic heterocycles. The SMILES string of the molecule is Cc1cccc(N2CCN(C(=O)c3cn(C4CCCC4)cc(C(=O)N(C)CC(C)C)c3=O)CC2)c1C. The molecule has 194 valence electrons. The van der Waals surface area contributed by atoms with E-state index in [4.69, 9.17) is 0 Å². The van der Waals surface area contributed by atoms with E-state index >= 15 is 0 Å². The number of anilines is 1. The number of rotatable bonds is 6. The fourth-order valence-electron chi connectivity index (χ4n) is 5.55. The average Bonchev–Trinajstić information content (AvgIpc) is 3.40. The first-order valence-electron chi connectivity index (χ1n) is 13.3. The van der Waals surface area contributed by atoms with Crippen molar-refractivity contribution >= 4 is 17.5 Å². The number of hydrogen-bond acceptors (Lipinski definition) is 4. The van der Waals surface area contributed by atoms with E-state index in [2.05, 4.69) is 36.9 Å². The lowest BCUT2D eigenvalue weighted by molar-refractivity contribution is 0.0743. The van der Waals surface area contributed by atoms with Crippen molar-refractivity contribution in [3.05, 3.63) is 63.1 Å². The number of aryl methyl sites for hydroxylation is 1. The molecule has 4 rings (SSSR count). The summed E-state index contributed by atoms with van der Waals surface area (Å²) in [7, 11) is 1.72. The maximum atomic E-state index is 13.6. The molecule has 2 amide bonds. The smallest absolute Gasteiger partial charge is 0.259 e. The van der Waals surface area contributed by atoms with Crippen LogP contribution in [0, 0.1) is 19.8 Å². The first-order chi connectivity index (χ1) is 17.2. The van der Waals surface area contributed by atoms with Crippen LogP contribution in [0.4, 0.5) is 5.69 Å². The Balaban J connectivity index is 1.60. The largest absolute Gasteiger partial charge is 0.368 e. The first kappa shape index (κ1) is 26.0. The number of piperazine rings is 1. The van der Waals surface area contributed by atoms with Gasteiger partial charge < -0.3 is 19.3 Å². The summed E-state index contributed by atoms with van der Waals surface area (Å²) in [6.45, 7) is 11.4. The summed E-state index contributed by atoms with van der Waals surface area (Å²) < 4.78 is 1.96. The number of hydrogen-bond donors (Lipinski definition) is 0. The molecular weight excluding hydrogens is 452 g/mol. The molecule has 2 heterocycles. The monoisotopic (exact) mass is 492 g/mol. The minimum Gasteiger partial charge on any atom is -0.368 e. The molecule has 0 unspecified atom stereocenters. The van der Waals surface area contributed by atoms with Gasteiger partial charge in [-0.3, -0.25) is 14.4 Å². The second-order valence-corrected chi connectivity index (χ2v) is 10.9. The highest BCUT2D eigenvalue weighted by atomic mass is 16.2. The van der Waals surface area contributed by atoms with Gasteiger partial charge in [0.25, 0.3) is 11.8 Å². The molecule has 1 aliphatic carbocycles. The van der Waals surface area contributed by atoms with Crippen LogP contribution in [0.5, 0.6) is 0 Å². The van der Waals surface area contributed by atoms with Crippen LogP contribution < -0.4 is 10.3 Å². The maximum absolute atomic E-state index is 13.6. The number of amides is 2. The second kappa shape index (κ2) is 10.9. The third kappa shape index (κ3) is 5.35. The molecule has 7 heteroatoms. The van der Waals surface area contributed by atoms with Crippen LogP contribution in [0.25, 0.3) is 0 Å². The van der Waals surface area contributed by atoms with Crippen LogP contribution in [0.1, 0.15) is 77.4 Å². The van der Waals surface area contributed by atoms with Gasteiger partial charge in [0.15, 0.2) is 0 Å². The average molecular weight is 493 g/mol. The molecule has 2 fully saturated rings. The van der Waals surface area contributed by atoms with Gasteiger partial charge in [0.2, 0.25) is 5.43 Å². The minimum atomic E-state index is -0.452. The fraction of sp³-hybridized carbons (Fsp3) is 0.552. The van der Waals surface area contributed by atoms with Gasteiger partial charge in [-0.15, -0.1) is 0 Å². The lowest BCUT2D eigenvalue weighted by Gasteiger charge is -2.37. The van der Waals surface area contributed by atoms with Gasteiger partial charge in [-0.2, -0.15) is 0 Å².